The number of hydrogen-bond donors (Lipinski definition) is 1. The minimum absolute atomic E-state index is 0.0455. The number of carbonyl (C=O) groups is 2. The molecule has 2 aromatic carbocycles. The summed E-state index contributed by atoms with van der Waals surface area (Å²) in [5, 5.41) is 2.65. The maximum absolute atomic E-state index is 12.8. The van der Waals surface area contributed by atoms with Gasteiger partial charge in [-0.2, -0.15) is 8.78 Å². The summed E-state index contributed by atoms with van der Waals surface area (Å²) in [5.74, 6) is -3.21. The van der Waals surface area contributed by atoms with Gasteiger partial charge < -0.3 is 14.6 Å². The highest BCUT2D eigenvalue weighted by Gasteiger charge is 2.18. The summed E-state index contributed by atoms with van der Waals surface area (Å²) in [4.78, 5) is 27.4. The molecule has 6 nitrogen and oxygen atoms in total. The molecule has 0 saturated carbocycles. The number of halogens is 2. The number of esters is 1. The number of nitrogens with zero attached hydrogens (tertiary/aromatic N) is 2. The van der Waals surface area contributed by atoms with E-state index in [-0.39, 0.29) is 35.1 Å². The van der Waals surface area contributed by atoms with Gasteiger partial charge in [0.05, 0.1) is 11.0 Å². The van der Waals surface area contributed by atoms with E-state index in [4.69, 9.17) is 4.74 Å². The van der Waals surface area contributed by atoms with E-state index < -0.39 is 11.7 Å². The van der Waals surface area contributed by atoms with Crippen molar-refractivity contribution in [2.45, 2.75) is 24.4 Å². The zero-order valence-electron chi connectivity index (χ0n) is 14.2. The van der Waals surface area contributed by atoms with Crippen molar-refractivity contribution in [1.29, 1.82) is 0 Å². The van der Waals surface area contributed by atoms with Crippen LogP contribution in [0, 0.1) is 0 Å². The standard InChI is InChI=1S/C18H15F2N3O3S/c1-11(24)21-12-6-8-13(9-7-12)26-16(25)10-23-15-5-3-2-4-14(15)22-18(23)27-17(19)20/h2-9,17H,10H2,1H3,(H,21,24). The van der Waals surface area contributed by atoms with Crippen molar-refractivity contribution in [1.82, 2.24) is 9.55 Å². The van der Waals surface area contributed by atoms with Crippen LogP contribution in [0.1, 0.15) is 6.92 Å². The van der Waals surface area contributed by atoms with Crippen molar-refractivity contribution in [3.8, 4) is 5.75 Å². The fourth-order valence-electron chi connectivity index (χ4n) is 2.48. The summed E-state index contributed by atoms with van der Waals surface area (Å²) in [7, 11) is 0. The molecule has 0 fully saturated rings. The molecule has 0 bridgehead atoms. The smallest absolute Gasteiger partial charge is 0.331 e. The van der Waals surface area contributed by atoms with Gasteiger partial charge in [-0.15, -0.1) is 0 Å². The van der Waals surface area contributed by atoms with Gasteiger partial charge in [0, 0.05) is 12.6 Å². The van der Waals surface area contributed by atoms with Gasteiger partial charge in [0.2, 0.25) is 5.91 Å². The molecule has 0 radical (unpaired) electrons. The van der Waals surface area contributed by atoms with E-state index in [9.17, 15) is 18.4 Å². The maximum atomic E-state index is 12.8. The Morgan fingerprint density at radius 2 is 1.89 bits per heavy atom. The average molecular weight is 391 g/mol. The number of thioether (sulfide) groups is 1. The lowest BCUT2D eigenvalue weighted by Gasteiger charge is -2.09. The van der Waals surface area contributed by atoms with Crippen LogP contribution in [0.2, 0.25) is 0 Å². The largest absolute Gasteiger partial charge is 0.425 e. The van der Waals surface area contributed by atoms with Crippen molar-refractivity contribution >= 4 is 40.4 Å². The predicted octanol–water partition coefficient (Wildman–Crippen LogP) is 3.92. The summed E-state index contributed by atoms with van der Waals surface area (Å²) in [5.41, 5.74) is 1.66. The quantitative estimate of drug-likeness (QED) is 0.392. The molecule has 3 rings (SSSR count). The summed E-state index contributed by atoms with van der Waals surface area (Å²) < 4.78 is 32.3. The molecule has 0 atom stereocenters. The molecule has 1 amide bonds. The minimum atomic E-state index is -2.65. The third-order valence-electron chi connectivity index (χ3n) is 3.51. The topological polar surface area (TPSA) is 73.2 Å². The fourth-order valence-corrected chi connectivity index (χ4v) is 3.08. The monoisotopic (exact) mass is 391 g/mol. The van der Waals surface area contributed by atoms with Crippen LogP contribution >= 0.6 is 11.8 Å². The van der Waals surface area contributed by atoms with Crippen LogP contribution in [0.25, 0.3) is 11.0 Å². The molecule has 3 aromatic rings. The van der Waals surface area contributed by atoms with E-state index in [1.165, 1.54) is 23.6 Å². The first-order valence-electron chi connectivity index (χ1n) is 7.91. The molecule has 0 aliphatic carbocycles. The number of imidazole rings is 1. The second-order valence-electron chi connectivity index (χ2n) is 5.53. The lowest BCUT2D eigenvalue weighted by molar-refractivity contribution is -0.135. The zero-order chi connectivity index (χ0) is 19.4. The highest BCUT2D eigenvalue weighted by molar-refractivity contribution is 7.99. The Morgan fingerprint density at radius 1 is 1.19 bits per heavy atom. The van der Waals surface area contributed by atoms with Crippen LogP contribution in [0.5, 0.6) is 5.75 Å². The molecule has 140 valence electrons. The molecule has 0 saturated heterocycles. The van der Waals surface area contributed by atoms with Gasteiger partial charge in [0.1, 0.15) is 12.3 Å². The Bertz CT molecular complexity index is 974. The predicted molar refractivity (Wildman–Crippen MR) is 98.0 cm³/mol. The Hall–Kier alpha value is -2.94. The summed E-state index contributed by atoms with van der Waals surface area (Å²) in [6.07, 6.45) is 0. The number of anilines is 1. The van der Waals surface area contributed by atoms with Crippen LogP contribution in [-0.2, 0) is 16.1 Å². The third-order valence-corrected chi connectivity index (χ3v) is 4.21. The third kappa shape index (κ3) is 4.82. The summed E-state index contributed by atoms with van der Waals surface area (Å²) in [6, 6.07) is 13.1. The molecule has 1 N–H and O–H groups in total. The first kappa shape index (κ1) is 18.8. The van der Waals surface area contributed by atoms with E-state index >= 15 is 0 Å². The number of amides is 1. The number of aromatic nitrogens is 2. The lowest BCUT2D eigenvalue weighted by Crippen LogP contribution is -2.17. The molecule has 1 heterocycles. The first-order valence-corrected chi connectivity index (χ1v) is 8.79. The van der Waals surface area contributed by atoms with Crippen LogP contribution < -0.4 is 10.1 Å². The SMILES string of the molecule is CC(=O)Nc1ccc(OC(=O)Cn2c(SC(F)F)nc3ccccc32)cc1. The number of carbonyl (C=O) groups excluding carboxylic acids is 2. The number of alkyl halides is 2. The molecule has 0 spiro atoms. The van der Waals surface area contributed by atoms with E-state index in [1.807, 2.05) is 0 Å². The minimum Gasteiger partial charge on any atom is -0.425 e. The van der Waals surface area contributed by atoms with E-state index in [0.717, 1.165) is 0 Å². The molecule has 9 heteroatoms. The van der Waals surface area contributed by atoms with Gasteiger partial charge >= 0.3 is 5.97 Å². The summed E-state index contributed by atoms with van der Waals surface area (Å²) in [6.45, 7) is 1.13. The highest BCUT2D eigenvalue weighted by atomic mass is 32.2. The van der Waals surface area contributed by atoms with E-state index in [2.05, 4.69) is 10.3 Å². The molecule has 0 unspecified atom stereocenters. The molecular weight excluding hydrogens is 376 g/mol. The van der Waals surface area contributed by atoms with Crippen LogP contribution in [0.3, 0.4) is 0 Å². The second-order valence-corrected chi connectivity index (χ2v) is 6.48. The van der Waals surface area contributed by atoms with Gasteiger partial charge in [0.15, 0.2) is 5.16 Å². The number of nitrogens with one attached hydrogen (secondary N) is 1. The number of fused-ring (bicyclic) bond motifs is 1. The van der Waals surface area contributed by atoms with Crippen molar-refractivity contribution in [2.24, 2.45) is 0 Å². The molecule has 0 aliphatic heterocycles. The van der Waals surface area contributed by atoms with Crippen LogP contribution in [0.15, 0.2) is 53.7 Å². The van der Waals surface area contributed by atoms with E-state index in [0.29, 0.717) is 16.7 Å². The zero-order valence-corrected chi connectivity index (χ0v) is 15.0. The van der Waals surface area contributed by atoms with Crippen molar-refractivity contribution in [3.05, 3.63) is 48.5 Å². The number of rotatable bonds is 6. The normalized spacial score (nSPS) is 11.0. The van der Waals surface area contributed by atoms with Gasteiger partial charge in [0.25, 0.3) is 5.76 Å². The number of benzene rings is 2. The van der Waals surface area contributed by atoms with Gasteiger partial charge in [-0.3, -0.25) is 4.79 Å². The Morgan fingerprint density at radius 3 is 2.56 bits per heavy atom. The second kappa shape index (κ2) is 8.17. The number of hydrogen-bond acceptors (Lipinski definition) is 5. The number of ether oxygens (including phenoxy) is 1. The maximum Gasteiger partial charge on any atom is 0.331 e. The summed E-state index contributed by atoms with van der Waals surface area (Å²) >= 11 is 0.277. The average Bonchev–Trinajstić information content (AvgIpc) is 2.93. The Kier molecular flexibility index (Phi) is 5.70. The molecule has 0 aliphatic rings. The highest BCUT2D eigenvalue weighted by Crippen LogP contribution is 2.28. The van der Waals surface area contributed by atoms with Crippen LogP contribution in [-0.4, -0.2) is 27.2 Å². The molecule has 27 heavy (non-hydrogen) atoms. The fraction of sp³-hybridized carbons (Fsp3) is 0.167. The molecule has 1 aromatic heterocycles. The van der Waals surface area contributed by atoms with Crippen molar-refractivity contribution in [2.75, 3.05) is 5.32 Å². The van der Waals surface area contributed by atoms with Crippen LogP contribution in [0.4, 0.5) is 14.5 Å². The van der Waals surface area contributed by atoms with E-state index in [1.54, 1.807) is 36.4 Å². The van der Waals surface area contributed by atoms with Gasteiger partial charge in [-0.25, -0.2) is 9.78 Å². The van der Waals surface area contributed by atoms with Gasteiger partial charge in [-0.1, -0.05) is 12.1 Å². The number of para-hydroxylation sites is 2. The Balaban J connectivity index is 1.76. The first-order chi connectivity index (χ1) is 12.9. The van der Waals surface area contributed by atoms with Crippen molar-refractivity contribution in [3.63, 3.8) is 0 Å². The molecular formula is C18H15F2N3O3S. The Labute approximate surface area is 157 Å². The lowest BCUT2D eigenvalue weighted by atomic mass is 10.3. The van der Waals surface area contributed by atoms with Crippen molar-refractivity contribution < 1.29 is 23.1 Å². The van der Waals surface area contributed by atoms with Gasteiger partial charge in [-0.05, 0) is 48.2 Å².